The highest BCUT2D eigenvalue weighted by Gasteiger charge is 2.31. The van der Waals surface area contributed by atoms with Crippen molar-refractivity contribution in [2.45, 2.75) is 38.8 Å². The molecule has 1 unspecified atom stereocenters. The predicted octanol–water partition coefficient (Wildman–Crippen LogP) is 2.82. The number of pyridine rings is 1. The maximum Gasteiger partial charge on any atom is 0.253 e. The molecule has 8 nitrogen and oxygen atoms in total. The van der Waals surface area contributed by atoms with E-state index in [0.717, 1.165) is 11.4 Å². The van der Waals surface area contributed by atoms with E-state index in [2.05, 4.69) is 10.3 Å². The van der Waals surface area contributed by atoms with Crippen LogP contribution in [0.5, 0.6) is 11.6 Å². The second-order valence-corrected chi connectivity index (χ2v) is 8.27. The van der Waals surface area contributed by atoms with Crippen molar-refractivity contribution in [1.29, 1.82) is 0 Å². The summed E-state index contributed by atoms with van der Waals surface area (Å²) in [5.74, 6) is 0.844. The first-order valence-electron chi connectivity index (χ1n) is 10.2. The summed E-state index contributed by atoms with van der Waals surface area (Å²) in [5.41, 5.74) is 0.971. The fraction of sp³-hybridized carbons (Fsp3) is 0.435. The molecule has 166 valence electrons. The van der Waals surface area contributed by atoms with E-state index < -0.39 is 0 Å². The topological polar surface area (TPSA) is 90.0 Å². The van der Waals surface area contributed by atoms with Crippen molar-refractivity contribution in [3.8, 4) is 11.6 Å². The molecule has 2 heterocycles. The summed E-state index contributed by atoms with van der Waals surface area (Å²) in [7, 11) is 1.59. The van der Waals surface area contributed by atoms with Gasteiger partial charge in [0, 0.05) is 30.9 Å². The Morgan fingerprint density at radius 2 is 1.90 bits per heavy atom. The summed E-state index contributed by atoms with van der Waals surface area (Å²) in [6, 6.07) is 10.3. The van der Waals surface area contributed by atoms with E-state index >= 15 is 0 Å². The van der Waals surface area contributed by atoms with Gasteiger partial charge in [0.1, 0.15) is 12.4 Å². The highest BCUT2D eigenvalue weighted by atomic mass is 16.5. The van der Waals surface area contributed by atoms with E-state index in [-0.39, 0.29) is 29.9 Å². The molecule has 1 aromatic heterocycles. The zero-order valence-electron chi connectivity index (χ0n) is 18.4. The fourth-order valence-corrected chi connectivity index (χ4v) is 3.18. The summed E-state index contributed by atoms with van der Waals surface area (Å²) < 4.78 is 16.3. The molecule has 1 aliphatic heterocycles. The quantitative estimate of drug-likeness (QED) is 0.652. The maximum absolute atomic E-state index is 12.6. The number of amides is 2. The zero-order valence-corrected chi connectivity index (χ0v) is 18.4. The summed E-state index contributed by atoms with van der Waals surface area (Å²) in [6.45, 7) is 7.18. The van der Waals surface area contributed by atoms with E-state index in [4.69, 9.17) is 14.2 Å². The number of nitrogens with one attached hydrogen (secondary N) is 1. The van der Waals surface area contributed by atoms with Gasteiger partial charge >= 0.3 is 0 Å². The fourth-order valence-electron chi connectivity index (χ4n) is 3.18. The smallest absolute Gasteiger partial charge is 0.253 e. The van der Waals surface area contributed by atoms with Gasteiger partial charge in [-0.3, -0.25) is 9.59 Å². The lowest BCUT2D eigenvalue weighted by Gasteiger charge is -2.19. The number of rotatable bonds is 8. The molecule has 0 aliphatic carbocycles. The van der Waals surface area contributed by atoms with Crippen molar-refractivity contribution in [3.63, 3.8) is 0 Å². The third kappa shape index (κ3) is 6.42. The largest absolute Gasteiger partial charge is 0.497 e. The van der Waals surface area contributed by atoms with Crippen molar-refractivity contribution >= 4 is 17.5 Å². The van der Waals surface area contributed by atoms with Gasteiger partial charge in [-0.15, -0.1) is 0 Å². The number of hydrogen-bond acceptors (Lipinski definition) is 6. The van der Waals surface area contributed by atoms with Crippen LogP contribution in [0.25, 0.3) is 0 Å². The number of aromatic nitrogens is 1. The second kappa shape index (κ2) is 9.78. The van der Waals surface area contributed by atoms with Crippen LogP contribution in [0.4, 0.5) is 5.69 Å². The molecular formula is C23H29N3O5. The van der Waals surface area contributed by atoms with E-state index in [1.54, 1.807) is 36.3 Å². The van der Waals surface area contributed by atoms with Gasteiger partial charge in [-0.25, -0.2) is 4.98 Å². The monoisotopic (exact) mass is 427 g/mol. The second-order valence-electron chi connectivity index (χ2n) is 8.27. The first-order valence-corrected chi connectivity index (χ1v) is 10.2. The molecular weight excluding hydrogens is 398 g/mol. The van der Waals surface area contributed by atoms with E-state index in [1.165, 1.54) is 6.20 Å². The Morgan fingerprint density at radius 1 is 1.16 bits per heavy atom. The molecule has 0 radical (unpaired) electrons. The lowest BCUT2D eigenvalue weighted by atomic mass is 10.2. The van der Waals surface area contributed by atoms with Crippen LogP contribution in [0.1, 0.15) is 37.6 Å². The number of ether oxygens (including phenoxy) is 3. The number of anilines is 1. The first kappa shape index (κ1) is 22.6. The molecule has 1 atom stereocenters. The highest BCUT2D eigenvalue weighted by molar-refractivity contribution is 5.98. The number of benzene rings is 1. The van der Waals surface area contributed by atoms with Gasteiger partial charge in [-0.1, -0.05) is 0 Å². The predicted molar refractivity (Wildman–Crippen MR) is 117 cm³/mol. The molecule has 0 bridgehead atoms. The lowest BCUT2D eigenvalue weighted by molar-refractivity contribution is -0.117. The molecule has 3 rings (SSSR count). The minimum Gasteiger partial charge on any atom is -0.497 e. The van der Waals surface area contributed by atoms with Gasteiger partial charge in [0.15, 0.2) is 0 Å². The van der Waals surface area contributed by atoms with Crippen LogP contribution in [0, 0.1) is 0 Å². The van der Waals surface area contributed by atoms with Gasteiger partial charge < -0.3 is 24.4 Å². The SMILES string of the molecule is COc1ccc(N2CC(NC(=O)c3ccc(OCCOC(C)(C)C)nc3)CC2=O)cc1. The summed E-state index contributed by atoms with van der Waals surface area (Å²) in [5, 5.41) is 2.91. The van der Waals surface area contributed by atoms with Crippen LogP contribution in [-0.4, -0.2) is 55.3 Å². The number of carbonyl (C=O) groups is 2. The van der Waals surface area contributed by atoms with Gasteiger partial charge in [0.2, 0.25) is 11.8 Å². The van der Waals surface area contributed by atoms with E-state index in [0.29, 0.717) is 31.2 Å². The van der Waals surface area contributed by atoms with Crippen molar-refractivity contribution in [2.24, 2.45) is 0 Å². The van der Waals surface area contributed by atoms with Crippen molar-refractivity contribution in [2.75, 3.05) is 31.8 Å². The molecule has 1 aromatic carbocycles. The number of hydrogen-bond donors (Lipinski definition) is 1. The molecule has 31 heavy (non-hydrogen) atoms. The summed E-state index contributed by atoms with van der Waals surface area (Å²) in [6.07, 6.45) is 1.72. The van der Waals surface area contributed by atoms with Gasteiger partial charge in [-0.05, 0) is 51.1 Å². The van der Waals surface area contributed by atoms with Crippen LogP contribution in [-0.2, 0) is 9.53 Å². The summed E-state index contributed by atoms with van der Waals surface area (Å²) in [4.78, 5) is 30.8. The molecule has 1 fully saturated rings. The Morgan fingerprint density at radius 3 is 2.52 bits per heavy atom. The Labute approximate surface area is 182 Å². The molecule has 1 aliphatic rings. The Bertz CT molecular complexity index is 891. The van der Waals surface area contributed by atoms with Crippen LogP contribution < -0.4 is 19.7 Å². The van der Waals surface area contributed by atoms with Gasteiger partial charge in [-0.2, -0.15) is 0 Å². The van der Waals surface area contributed by atoms with Crippen LogP contribution in [0.3, 0.4) is 0 Å². The van der Waals surface area contributed by atoms with Gasteiger partial charge in [0.25, 0.3) is 5.91 Å². The third-order valence-corrected chi connectivity index (χ3v) is 4.71. The third-order valence-electron chi connectivity index (χ3n) is 4.71. The standard InChI is InChI=1S/C23H29N3O5/c1-23(2,3)31-12-11-30-20-10-5-16(14-24-20)22(28)25-17-13-21(27)26(15-17)18-6-8-19(29-4)9-7-18/h5-10,14,17H,11-13,15H2,1-4H3,(H,25,28). The average molecular weight is 428 g/mol. The first-order chi connectivity index (χ1) is 14.7. The van der Waals surface area contributed by atoms with E-state index in [9.17, 15) is 9.59 Å². The minimum absolute atomic E-state index is 0.0326. The van der Waals surface area contributed by atoms with E-state index in [1.807, 2.05) is 32.9 Å². The van der Waals surface area contributed by atoms with Gasteiger partial charge in [0.05, 0.1) is 30.9 Å². The molecule has 2 amide bonds. The molecule has 1 saturated heterocycles. The Balaban J connectivity index is 1.50. The number of methoxy groups -OCH3 is 1. The highest BCUT2D eigenvalue weighted by Crippen LogP contribution is 2.24. The lowest BCUT2D eigenvalue weighted by Crippen LogP contribution is -2.37. The average Bonchev–Trinajstić information content (AvgIpc) is 3.11. The maximum atomic E-state index is 12.6. The normalized spacial score (nSPS) is 16.3. The Kier molecular flexibility index (Phi) is 7.12. The molecule has 0 saturated carbocycles. The van der Waals surface area contributed by atoms with Crippen molar-refractivity contribution in [3.05, 3.63) is 48.2 Å². The minimum atomic E-state index is -0.274. The molecule has 0 spiro atoms. The Hall–Kier alpha value is -3.13. The summed E-state index contributed by atoms with van der Waals surface area (Å²) >= 11 is 0. The van der Waals surface area contributed by atoms with Crippen molar-refractivity contribution < 1.29 is 23.8 Å². The molecule has 1 N–H and O–H groups in total. The van der Waals surface area contributed by atoms with Crippen LogP contribution in [0.15, 0.2) is 42.6 Å². The zero-order chi connectivity index (χ0) is 22.4. The van der Waals surface area contributed by atoms with Crippen LogP contribution in [0.2, 0.25) is 0 Å². The van der Waals surface area contributed by atoms with Crippen LogP contribution >= 0.6 is 0 Å². The number of carbonyl (C=O) groups excluding carboxylic acids is 2. The van der Waals surface area contributed by atoms with Crippen molar-refractivity contribution in [1.82, 2.24) is 10.3 Å². The molecule has 8 heteroatoms. The number of nitrogens with zero attached hydrogens (tertiary/aromatic N) is 2. The molecule has 2 aromatic rings.